The van der Waals surface area contributed by atoms with E-state index in [0.717, 1.165) is 10.5 Å². The van der Waals surface area contributed by atoms with Crippen molar-refractivity contribution in [3.63, 3.8) is 0 Å². The van der Waals surface area contributed by atoms with Crippen LogP contribution in [0, 0.1) is 17.0 Å². The van der Waals surface area contributed by atoms with Crippen molar-refractivity contribution in [2.75, 3.05) is 13.7 Å². The maximum absolute atomic E-state index is 14.7. The van der Waals surface area contributed by atoms with Gasteiger partial charge >= 0.3 is 0 Å². The Labute approximate surface area is 206 Å². The maximum atomic E-state index is 14.7. The zero-order chi connectivity index (χ0) is 25.5. The number of halogens is 3. The number of nitrogens with one attached hydrogen (secondary N) is 1. The summed E-state index contributed by atoms with van der Waals surface area (Å²) in [5.74, 6) is -1.11. The Morgan fingerprint density at radius 3 is 2.37 bits per heavy atom. The molecule has 3 aromatic carbocycles. The molecular weight excluding hydrogens is 480 g/mol. The molecule has 0 aliphatic heterocycles. The molecule has 0 heterocycles. The molecule has 0 bridgehead atoms. The summed E-state index contributed by atoms with van der Waals surface area (Å²) in [5, 5.41) is 7.69. The quantitative estimate of drug-likeness (QED) is 0.222. The lowest BCUT2D eigenvalue weighted by Gasteiger charge is -2.23. The molecule has 1 amide bonds. The number of nitrogens with two attached hydrogens (primary N) is 1. The van der Waals surface area contributed by atoms with E-state index in [1.54, 1.807) is 19.1 Å². The minimum atomic E-state index is -1.29. The number of methoxy groups -OCH3 is 1. The Morgan fingerprint density at radius 2 is 1.77 bits per heavy atom. The van der Waals surface area contributed by atoms with E-state index in [4.69, 9.17) is 37.1 Å². The molecule has 1 unspecified atom stereocenters. The Hall–Kier alpha value is -3.69. The number of benzene rings is 3. The largest absolute Gasteiger partial charge is 0.497 e. The molecule has 0 saturated heterocycles. The molecule has 35 heavy (non-hydrogen) atoms. The minimum absolute atomic E-state index is 0.0120. The number of carbonyl (C=O) groups excluding carboxylic acids is 1. The number of carbonyl (C=O) groups is 1. The maximum Gasteiger partial charge on any atom is 0.271 e. The zero-order valence-corrected chi connectivity index (χ0v) is 19.8. The molecule has 3 N–H and O–H groups in total. The van der Waals surface area contributed by atoms with E-state index >= 15 is 0 Å². The number of hydrogen-bond acceptors (Lipinski definition) is 5. The highest BCUT2D eigenvalue weighted by Crippen LogP contribution is 2.31. The van der Waals surface area contributed by atoms with Crippen molar-refractivity contribution in [2.24, 2.45) is 5.73 Å². The predicted molar refractivity (Wildman–Crippen MR) is 128 cm³/mol. The third-order valence-electron chi connectivity index (χ3n) is 5.02. The molecule has 184 valence electrons. The van der Waals surface area contributed by atoms with Gasteiger partial charge in [0.05, 0.1) is 13.7 Å². The van der Waals surface area contributed by atoms with Gasteiger partial charge in [-0.05, 0) is 49.4 Å². The van der Waals surface area contributed by atoms with Crippen LogP contribution < -0.4 is 15.2 Å². The van der Waals surface area contributed by atoms with E-state index in [1.807, 2.05) is 0 Å². The van der Waals surface area contributed by atoms with Gasteiger partial charge in [0.1, 0.15) is 34.7 Å². The highest BCUT2D eigenvalue weighted by Gasteiger charge is 2.29. The first-order chi connectivity index (χ1) is 16.7. The van der Waals surface area contributed by atoms with Gasteiger partial charge < -0.3 is 19.9 Å². The van der Waals surface area contributed by atoms with E-state index < -0.39 is 23.6 Å². The third-order valence-corrected chi connectivity index (χ3v) is 5.30. The molecule has 10 heteroatoms. The fraction of sp³-hybridized carbons (Fsp3) is 0.200. The standard InChI is InChI=1S/C25H24ClF2N3O4/c1-3-34-23(20-11-10-19(33-2)13-21(20)28)25(32)31(26)14-16-5-4-15(24(29)30)12-22(16)35-18-8-6-17(27)7-9-18/h4-13,23H,3,14H2,1-2H3,(H3,29,30). The number of nitrogen functional groups attached to an aromatic ring is 1. The molecule has 3 rings (SSSR count). The zero-order valence-electron chi connectivity index (χ0n) is 19.1. The molecule has 0 radical (unpaired) electrons. The normalized spacial score (nSPS) is 11.6. The van der Waals surface area contributed by atoms with Crippen LogP contribution in [0.3, 0.4) is 0 Å². The average Bonchev–Trinajstić information content (AvgIpc) is 2.84. The van der Waals surface area contributed by atoms with E-state index in [2.05, 4.69) is 0 Å². The summed E-state index contributed by atoms with van der Waals surface area (Å²) in [5.41, 5.74) is 6.45. The van der Waals surface area contributed by atoms with Crippen LogP contribution in [-0.2, 0) is 16.1 Å². The Kier molecular flexibility index (Phi) is 8.62. The van der Waals surface area contributed by atoms with Crippen molar-refractivity contribution >= 4 is 23.5 Å². The molecule has 7 nitrogen and oxygen atoms in total. The lowest BCUT2D eigenvalue weighted by Crippen LogP contribution is -2.30. The van der Waals surface area contributed by atoms with Gasteiger partial charge in [-0.1, -0.05) is 12.1 Å². The van der Waals surface area contributed by atoms with Crippen LogP contribution in [0.15, 0.2) is 60.7 Å². The summed E-state index contributed by atoms with van der Waals surface area (Å²) in [6, 6.07) is 14.1. The fourth-order valence-electron chi connectivity index (χ4n) is 3.24. The Morgan fingerprint density at radius 1 is 1.09 bits per heavy atom. The highest BCUT2D eigenvalue weighted by molar-refractivity contribution is 6.21. The summed E-state index contributed by atoms with van der Waals surface area (Å²) in [6.45, 7) is 1.67. The number of nitrogens with zero attached hydrogens (tertiary/aromatic N) is 1. The van der Waals surface area contributed by atoms with Gasteiger partial charge in [-0.15, -0.1) is 0 Å². The number of amides is 1. The molecule has 0 spiro atoms. The molecular formula is C25H24ClF2N3O4. The number of rotatable bonds is 10. The van der Waals surface area contributed by atoms with Crippen LogP contribution in [0.4, 0.5) is 8.78 Å². The van der Waals surface area contributed by atoms with Crippen molar-refractivity contribution < 1.29 is 27.8 Å². The van der Waals surface area contributed by atoms with Gasteiger partial charge in [-0.2, -0.15) is 0 Å². The SMILES string of the molecule is CCOC(C(=O)N(Cl)Cc1ccc(C(=N)N)cc1Oc1ccc(F)cc1)c1ccc(OC)cc1F. The number of hydrogen-bond donors (Lipinski definition) is 2. The monoisotopic (exact) mass is 503 g/mol. The second-order valence-corrected chi connectivity index (χ2v) is 7.78. The molecule has 3 aromatic rings. The molecule has 0 aromatic heterocycles. The first kappa shape index (κ1) is 25.9. The van der Waals surface area contributed by atoms with Crippen molar-refractivity contribution in [2.45, 2.75) is 19.6 Å². The van der Waals surface area contributed by atoms with Crippen LogP contribution in [0.5, 0.6) is 17.2 Å². The molecule has 0 fully saturated rings. The fourth-order valence-corrected chi connectivity index (χ4v) is 3.46. The first-order valence-corrected chi connectivity index (χ1v) is 10.9. The molecule has 0 aliphatic carbocycles. The van der Waals surface area contributed by atoms with Gasteiger partial charge in [-0.3, -0.25) is 10.2 Å². The van der Waals surface area contributed by atoms with Gasteiger partial charge in [0.15, 0.2) is 6.10 Å². The van der Waals surface area contributed by atoms with Gasteiger partial charge in [0.25, 0.3) is 5.91 Å². The van der Waals surface area contributed by atoms with Gasteiger partial charge in [0.2, 0.25) is 0 Å². The Balaban J connectivity index is 1.89. The smallest absolute Gasteiger partial charge is 0.271 e. The van der Waals surface area contributed by atoms with E-state index in [1.165, 1.54) is 49.6 Å². The summed E-state index contributed by atoms with van der Waals surface area (Å²) < 4.78 is 45.2. The van der Waals surface area contributed by atoms with Gasteiger partial charge in [0, 0.05) is 41.1 Å². The van der Waals surface area contributed by atoms with Crippen LogP contribution in [0.25, 0.3) is 0 Å². The number of amidine groups is 1. The van der Waals surface area contributed by atoms with Crippen molar-refractivity contribution in [3.05, 3.63) is 89.0 Å². The lowest BCUT2D eigenvalue weighted by molar-refractivity contribution is -0.139. The van der Waals surface area contributed by atoms with E-state index in [-0.39, 0.29) is 30.3 Å². The van der Waals surface area contributed by atoms with E-state index in [9.17, 15) is 13.6 Å². The molecule has 0 aliphatic rings. The molecule has 0 saturated carbocycles. The lowest BCUT2D eigenvalue weighted by atomic mass is 10.1. The summed E-state index contributed by atoms with van der Waals surface area (Å²) in [4.78, 5) is 13.2. The predicted octanol–water partition coefficient (Wildman–Crippen LogP) is 5.31. The van der Waals surface area contributed by atoms with Crippen LogP contribution in [0.2, 0.25) is 0 Å². The first-order valence-electron chi connectivity index (χ1n) is 10.6. The van der Waals surface area contributed by atoms with Crippen LogP contribution >= 0.6 is 11.8 Å². The topological polar surface area (TPSA) is 97.9 Å². The second kappa shape index (κ2) is 11.6. The van der Waals surface area contributed by atoms with Crippen LogP contribution in [-0.4, -0.2) is 29.9 Å². The van der Waals surface area contributed by atoms with Crippen LogP contribution in [0.1, 0.15) is 29.7 Å². The highest BCUT2D eigenvalue weighted by atomic mass is 35.5. The molecule has 1 atom stereocenters. The minimum Gasteiger partial charge on any atom is -0.497 e. The van der Waals surface area contributed by atoms with E-state index in [0.29, 0.717) is 22.6 Å². The van der Waals surface area contributed by atoms with Crippen molar-refractivity contribution in [1.82, 2.24) is 4.42 Å². The second-order valence-electron chi connectivity index (χ2n) is 7.37. The average molecular weight is 504 g/mol. The van der Waals surface area contributed by atoms with Crippen molar-refractivity contribution in [3.8, 4) is 17.2 Å². The summed E-state index contributed by atoms with van der Waals surface area (Å²) in [7, 11) is 1.41. The summed E-state index contributed by atoms with van der Waals surface area (Å²) in [6.07, 6.45) is -1.29. The number of ether oxygens (including phenoxy) is 3. The van der Waals surface area contributed by atoms with Gasteiger partial charge in [-0.25, -0.2) is 13.2 Å². The van der Waals surface area contributed by atoms with Crippen molar-refractivity contribution in [1.29, 1.82) is 5.41 Å². The third kappa shape index (κ3) is 6.46. The summed E-state index contributed by atoms with van der Waals surface area (Å²) >= 11 is 6.34. The Bertz CT molecular complexity index is 1210.